The maximum Gasteiger partial charge on any atom is 0.387 e. The van der Waals surface area contributed by atoms with Crippen molar-refractivity contribution in [1.29, 1.82) is 0 Å². The molecule has 1 aliphatic heterocycles. The Bertz CT molecular complexity index is 1080. The third kappa shape index (κ3) is 5.44. The number of nitrogens with one attached hydrogen (secondary N) is 1. The SMILES string of the molecule is O=C(CN1CCCC(c2nc(-c3cccc(F)c3)no2)C1)Nc1ccccc1OC(F)F. The van der Waals surface area contributed by atoms with Gasteiger partial charge >= 0.3 is 6.61 Å². The van der Waals surface area contributed by atoms with Gasteiger partial charge in [-0.25, -0.2) is 4.39 Å². The highest BCUT2D eigenvalue weighted by Gasteiger charge is 2.27. The molecule has 1 fully saturated rings. The number of carbonyl (C=O) groups excluding carboxylic acids is 1. The molecule has 2 heterocycles. The lowest BCUT2D eigenvalue weighted by molar-refractivity contribution is -0.117. The Morgan fingerprint density at radius 2 is 2.09 bits per heavy atom. The summed E-state index contributed by atoms with van der Waals surface area (Å²) in [6.45, 7) is -1.69. The van der Waals surface area contributed by atoms with E-state index in [0.717, 1.165) is 12.8 Å². The molecule has 0 bridgehead atoms. The van der Waals surface area contributed by atoms with E-state index in [1.54, 1.807) is 24.3 Å². The summed E-state index contributed by atoms with van der Waals surface area (Å²) < 4.78 is 48.4. The topological polar surface area (TPSA) is 80.5 Å². The van der Waals surface area contributed by atoms with Gasteiger partial charge in [-0.2, -0.15) is 13.8 Å². The quantitative estimate of drug-likeness (QED) is 0.583. The summed E-state index contributed by atoms with van der Waals surface area (Å²) in [7, 11) is 0. The van der Waals surface area contributed by atoms with Crippen molar-refractivity contribution in [2.75, 3.05) is 25.0 Å². The van der Waals surface area contributed by atoms with Crippen molar-refractivity contribution in [3.05, 3.63) is 60.2 Å². The average molecular weight is 446 g/mol. The van der Waals surface area contributed by atoms with Gasteiger partial charge in [0, 0.05) is 12.1 Å². The fourth-order valence-electron chi connectivity index (χ4n) is 3.71. The first-order chi connectivity index (χ1) is 15.5. The molecule has 1 N–H and O–H groups in total. The molecule has 3 aromatic rings. The molecule has 7 nitrogen and oxygen atoms in total. The second-order valence-electron chi connectivity index (χ2n) is 7.46. The van der Waals surface area contributed by atoms with Crippen LogP contribution in [0.1, 0.15) is 24.7 Å². The summed E-state index contributed by atoms with van der Waals surface area (Å²) in [5.74, 6) is -0.148. The Kier molecular flexibility index (Phi) is 6.69. The monoisotopic (exact) mass is 446 g/mol. The van der Waals surface area contributed by atoms with Gasteiger partial charge in [-0.3, -0.25) is 9.69 Å². The number of benzene rings is 2. The number of likely N-dealkylation sites (tertiary alicyclic amines) is 1. The molecular weight excluding hydrogens is 425 g/mol. The molecule has 10 heteroatoms. The third-order valence-corrected chi connectivity index (χ3v) is 5.12. The molecule has 2 aromatic carbocycles. The molecule has 1 aromatic heterocycles. The number of aromatic nitrogens is 2. The van der Waals surface area contributed by atoms with E-state index in [4.69, 9.17) is 4.52 Å². The third-order valence-electron chi connectivity index (χ3n) is 5.12. The molecule has 4 rings (SSSR count). The fraction of sp³-hybridized carbons (Fsp3) is 0.318. The Labute approximate surface area is 182 Å². The summed E-state index contributed by atoms with van der Waals surface area (Å²) >= 11 is 0. The second kappa shape index (κ2) is 9.82. The predicted octanol–water partition coefficient (Wildman–Crippen LogP) is 4.30. The van der Waals surface area contributed by atoms with Crippen LogP contribution in [0, 0.1) is 5.82 Å². The van der Waals surface area contributed by atoms with Gasteiger partial charge in [-0.1, -0.05) is 29.4 Å². The van der Waals surface area contributed by atoms with Crippen LogP contribution in [0.5, 0.6) is 5.75 Å². The van der Waals surface area contributed by atoms with Gasteiger partial charge in [-0.15, -0.1) is 0 Å². The molecule has 1 saturated heterocycles. The lowest BCUT2D eigenvalue weighted by atomic mass is 9.98. The van der Waals surface area contributed by atoms with Gasteiger partial charge in [0.05, 0.1) is 18.2 Å². The molecule has 1 amide bonds. The first kappa shape index (κ1) is 21.8. The maximum atomic E-state index is 13.5. The second-order valence-corrected chi connectivity index (χ2v) is 7.46. The number of para-hydroxylation sites is 2. The number of alkyl halides is 2. The highest BCUT2D eigenvalue weighted by Crippen LogP contribution is 2.28. The van der Waals surface area contributed by atoms with Crippen LogP contribution in [0.15, 0.2) is 53.1 Å². The lowest BCUT2D eigenvalue weighted by Gasteiger charge is -2.30. The first-order valence-electron chi connectivity index (χ1n) is 10.1. The standard InChI is InChI=1S/C22H21F3N4O3/c23-16-7-3-5-14(11-16)20-27-21(32-28-20)15-6-4-10-29(12-15)13-19(30)26-17-8-1-2-9-18(17)31-22(24)25/h1-3,5,7-9,11,15,22H,4,6,10,12-13H2,(H,26,30). The van der Waals surface area contributed by atoms with Crippen LogP contribution in [0.3, 0.4) is 0 Å². The number of rotatable bonds is 7. The number of anilines is 1. The number of ether oxygens (including phenoxy) is 1. The molecular formula is C22H21F3N4O3. The van der Waals surface area contributed by atoms with E-state index in [0.29, 0.717) is 30.4 Å². The average Bonchev–Trinajstić information content (AvgIpc) is 3.25. The Morgan fingerprint density at radius 1 is 1.25 bits per heavy atom. The smallest absolute Gasteiger partial charge is 0.387 e. The van der Waals surface area contributed by atoms with Crippen LogP contribution < -0.4 is 10.1 Å². The highest BCUT2D eigenvalue weighted by molar-refractivity contribution is 5.93. The van der Waals surface area contributed by atoms with Crippen molar-refractivity contribution in [2.24, 2.45) is 0 Å². The van der Waals surface area contributed by atoms with Gasteiger partial charge in [0.1, 0.15) is 11.6 Å². The molecule has 0 aliphatic carbocycles. The largest absolute Gasteiger partial charge is 0.433 e. The molecule has 32 heavy (non-hydrogen) atoms. The van der Waals surface area contributed by atoms with E-state index in [2.05, 4.69) is 20.2 Å². The van der Waals surface area contributed by atoms with E-state index in [9.17, 15) is 18.0 Å². The van der Waals surface area contributed by atoms with Gasteiger partial charge in [-0.05, 0) is 43.7 Å². The zero-order chi connectivity index (χ0) is 22.5. The highest BCUT2D eigenvalue weighted by atomic mass is 19.3. The molecule has 0 spiro atoms. The van der Waals surface area contributed by atoms with Crippen molar-refractivity contribution >= 4 is 11.6 Å². The predicted molar refractivity (Wildman–Crippen MR) is 110 cm³/mol. The Hall–Kier alpha value is -3.40. The number of nitrogens with zero attached hydrogens (tertiary/aromatic N) is 3. The van der Waals surface area contributed by atoms with E-state index in [1.165, 1.54) is 24.3 Å². The van der Waals surface area contributed by atoms with Crippen LogP contribution in [0.4, 0.5) is 18.9 Å². The minimum absolute atomic E-state index is 0.0687. The minimum atomic E-state index is -2.98. The number of carbonyl (C=O) groups is 1. The van der Waals surface area contributed by atoms with Gasteiger partial charge in [0.15, 0.2) is 0 Å². The van der Waals surface area contributed by atoms with E-state index in [-0.39, 0.29) is 35.6 Å². The van der Waals surface area contributed by atoms with E-state index < -0.39 is 6.61 Å². The lowest BCUT2D eigenvalue weighted by Crippen LogP contribution is -2.39. The number of amides is 1. The summed E-state index contributed by atoms with van der Waals surface area (Å²) in [6, 6.07) is 12.0. The first-order valence-corrected chi connectivity index (χ1v) is 10.1. The summed E-state index contributed by atoms with van der Waals surface area (Å²) in [5.41, 5.74) is 0.708. The summed E-state index contributed by atoms with van der Waals surface area (Å²) in [4.78, 5) is 18.8. The van der Waals surface area contributed by atoms with Crippen LogP contribution >= 0.6 is 0 Å². The molecule has 0 radical (unpaired) electrons. The molecule has 0 saturated carbocycles. The number of piperidine rings is 1. The van der Waals surface area contributed by atoms with Crippen molar-refractivity contribution in [1.82, 2.24) is 15.0 Å². The zero-order valence-electron chi connectivity index (χ0n) is 17.0. The molecule has 168 valence electrons. The van der Waals surface area contributed by atoms with E-state index in [1.807, 2.05) is 4.90 Å². The zero-order valence-corrected chi connectivity index (χ0v) is 17.0. The maximum absolute atomic E-state index is 13.5. The van der Waals surface area contributed by atoms with Gasteiger partial charge in [0.25, 0.3) is 0 Å². The fourth-order valence-corrected chi connectivity index (χ4v) is 3.71. The van der Waals surface area contributed by atoms with Crippen LogP contribution in [-0.2, 0) is 4.79 Å². The van der Waals surface area contributed by atoms with Crippen LogP contribution in [-0.4, -0.2) is 47.2 Å². The normalized spacial score (nSPS) is 16.8. The molecule has 1 atom stereocenters. The Balaban J connectivity index is 1.37. The molecule has 1 unspecified atom stereocenters. The number of hydrogen-bond acceptors (Lipinski definition) is 6. The van der Waals surface area contributed by atoms with Gasteiger partial charge < -0.3 is 14.6 Å². The molecule has 1 aliphatic rings. The van der Waals surface area contributed by atoms with Crippen molar-refractivity contribution < 1.29 is 27.2 Å². The number of hydrogen-bond donors (Lipinski definition) is 1. The van der Waals surface area contributed by atoms with Crippen LogP contribution in [0.2, 0.25) is 0 Å². The van der Waals surface area contributed by atoms with Gasteiger partial charge in [0.2, 0.25) is 17.6 Å². The van der Waals surface area contributed by atoms with E-state index >= 15 is 0 Å². The minimum Gasteiger partial charge on any atom is -0.433 e. The van der Waals surface area contributed by atoms with Crippen molar-refractivity contribution in [2.45, 2.75) is 25.4 Å². The summed E-state index contributed by atoms with van der Waals surface area (Å²) in [5, 5.41) is 6.57. The van der Waals surface area contributed by atoms with Crippen LogP contribution in [0.25, 0.3) is 11.4 Å². The van der Waals surface area contributed by atoms with Crippen molar-refractivity contribution in [3.63, 3.8) is 0 Å². The Morgan fingerprint density at radius 3 is 2.91 bits per heavy atom. The number of halogens is 3. The summed E-state index contributed by atoms with van der Waals surface area (Å²) in [6.07, 6.45) is 1.63. The van der Waals surface area contributed by atoms with Crippen molar-refractivity contribution in [3.8, 4) is 17.1 Å².